The number of nitrogens with one attached hydrogen (secondary N) is 2. The Labute approximate surface area is 155 Å². The summed E-state index contributed by atoms with van der Waals surface area (Å²) in [6, 6.07) is 7.83. The highest BCUT2D eigenvalue weighted by molar-refractivity contribution is 14.0. The van der Waals surface area contributed by atoms with Gasteiger partial charge in [0.05, 0.1) is 18.6 Å². The zero-order chi connectivity index (χ0) is 16.0. The van der Waals surface area contributed by atoms with E-state index < -0.39 is 9.84 Å². The van der Waals surface area contributed by atoms with Crippen LogP contribution in [0.1, 0.15) is 12.0 Å². The number of nitrogens with zero attached hydrogens (tertiary/aromatic N) is 1. The Bertz CT molecular complexity index is 635. The summed E-state index contributed by atoms with van der Waals surface area (Å²) < 4.78 is 28.3. The second-order valence-corrected chi connectivity index (χ2v) is 7.53. The van der Waals surface area contributed by atoms with E-state index in [1.165, 1.54) is 0 Å². The molecule has 1 aliphatic heterocycles. The molecule has 130 valence electrons. The van der Waals surface area contributed by atoms with Crippen LogP contribution in [-0.4, -0.2) is 52.6 Å². The third-order valence-electron chi connectivity index (χ3n) is 3.68. The van der Waals surface area contributed by atoms with Crippen LogP contribution in [0.5, 0.6) is 5.75 Å². The van der Waals surface area contributed by atoms with Crippen molar-refractivity contribution in [3.63, 3.8) is 0 Å². The quantitative estimate of drug-likeness (QED) is 0.398. The molecule has 0 amide bonds. The summed E-state index contributed by atoms with van der Waals surface area (Å²) in [6.07, 6.45) is 1.43. The highest BCUT2D eigenvalue weighted by atomic mass is 127. The predicted molar refractivity (Wildman–Crippen MR) is 104 cm³/mol. The molecule has 23 heavy (non-hydrogen) atoms. The molecule has 0 saturated carbocycles. The molecule has 0 aliphatic carbocycles. The maximum atomic E-state index is 11.5. The van der Waals surface area contributed by atoms with Gasteiger partial charge >= 0.3 is 0 Å². The predicted octanol–water partition coefficient (Wildman–Crippen LogP) is 1.21. The van der Waals surface area contributed by atoms with Crippen LogP contribution >= 0.6 is 24.0 Å². The standard InChI is InChI=1S/C15H23N3O3S.HI/c1-16-15(18-13-8-10-22(19,20)11-13)17-9-7-12-5-3-4-6-14(12)21-2;/h3-6,13H,7-11H2,1-2H3,(H2,16,17,18);1H. The molecule has 1 atom stereocenters. The van der Waals surface area contributed by atoms with Crippen molar-refractivity contribution < 1.29 is 13.2 Å². The number of methoxy groups -OCH3 is 1. The van der Waals surface area contributed by atoms with Gasteiger partial charge in [-0.1, -0.05) is 18.2 Å². The smallest absolute Gasteiger partial charge is 0.191 e. The molecule has 0 bridgehead atoms. The summed E-state index contributed by atoms with van der Waals surface area (Å²) in [6.45, 7) is 0.694. The van der Waals surface area contributed by atoms with E-state index >= 15 is 0 Å². The Morgan fingerprint density at radius 3 is 2.74 bits per heavy atom. The van der Waals surface area contributed by atoms with Crippen molar-refractivity contribution in [3.8, 4) is 5.75 Å². The minimum atomic E-state index is -2.88. The highest BCUT2D eigenvalue weighted by Gasteiger charge is 2.28. The van der Waals surface area contributed by atoms with Gasteiger partial charge in [-0.3, -0.25) is 4.99 Å². The number of halogens is 1. The highest BCUT2D eigenvalue weighted by Crippen LogP contribution is 2.17. The van der Waals surface area contributed by atoms with E-state index in [-0.39, 0.29) is 41.5 Å². The van der Waals surface area contributed by atoms with Crippen molar-refractivity contribution >= 4 is 39.8 Å². The number of ether oxygens (including phenoxy) is 1. The number of aliphatic imine (C=N–C) groups is 1. The molecule has 1 unspecified atom stereocenters. The zero-order valence-electron chi connectivity index (χ0n) is 13.4. The first-order chi connectivity index (χ1) is 10.5. The lowest BCUT2D eigenvalue weighted by atomic mass is 10.1. The van der Waals surface area contributed by atoms with Gasteiger partial charge in [-0.05, 0) is 24.5 Å². The maximum absolute atomic E-state index is 11.5. The largest absolute Gasteiger partial charge is 0.496 e. The Balaban J connectivity index is 0.00000264. The van der Waals surface area contributed by atoms with Gasteiger partial charge in [-0.25, -0.2) is 8.42 Å². The first kappa shape index (κ1) is 20.0. The summed E-state index contributed by atoms with van der Waals surface area (Å²) in [5.74, 6) is 1.94. The summed E-state index contributed by atoms with van der Waals surface area (Å²) in [5.41, 5.74) is 1.12. The van der Waals surface area contributed by atoms with E-state index in [1.807, 2.05) is 24.3 Å². The minimum Gasteiger partial charge on any atom is -0.496 e. The maximum Gasteiger partial charge on any atom is 0.191 e. The fourth-order valence-electron chi connectivity index (χ4n) is 2.52. The monoisotopic (exact) mass is 453 g/mol. The number of sulfone groups is 1. The second-order valence-electron chi connectivity index (χ2n) is 5.31. The average Bonchev–Trinajstić information content (AvgIpc) is 2.85. The summed E-state index contributed by atoms with van der Waals surface area (Å²) in [5, 5.41) is 6.38. The van der Waals surface area contributed by atoms with Crippen LogP contribution in [-0.2, 0) is 16.3 Å². The molecule has 2 N–H and O–H groups in total. The zero-order valence-corrected chi connectivity index (χ0v) is 16.6. The molecular weight excluding hydrogens is 429 g/mol. The molecule has 0 radical (unpaired) electrons. The minimum absolute atomic E-state index is 0. The van der Waals surface area contributed by atoms with Crippen molar-refractivity contribution in [2.24, 2.45) is 4.99 Å². The number of guanidine groups is 1. The fourth-order valence-corrected chi connectivity index (χ4v) is 4.20. The van der Waals surface area contributed by atoms with Crippen LogP contribution < -0.4 is 15.4 Å². The molecule has 1 heterocycles. The van der Waals surface area contributed by atoms with Gasteiger partial charge in [0.1, 0.15) is 5.75 Å². The van der Waals surface area contributed by atoms with Crippen molar-refractivity contribution in [2.75, 3.05) is 32.2 Å². The molecule has 0 spiro atoms. The van der Waals surface area contributed by atoms with Gasteiger partial charge in [0.15, 0.2) is 15.8 Å². The van der Waals surface area contributed by atoms with Gasteiger partial charge in [0, 0.05) is 19.6 Å². The van der Waals surface area contributed by atoms with Crippen LogP contribution in [0, 0.1) is 0 Å². The molecule has 1 saturated heterocycles. The topological polar surface area (TPSA) is 79.8 Å². The van der Waals surface area contributed by atoms with E-state index in [4.69, 9.17) is 4.74 Å². The summed E-state index contributed by atoms with van der Waals surface area (Å²) >= 11 is 0. The van der Waals surface area contributed by atoms with Gasteiger partial charge < -0.3 is 15.4 Å². The normalized spacial score (nSPS) is 19.7. The summed E-state index contributed by atoms with van der Waals surface area (Å²) in [7, 11) is 0.459. The first-order valence-corrected chi connectivity index (χ1v) is 9.15. The average molecular weight is 453 g/mol. The Morgan fingerprint density at radius 2 is 2.13 bits per heavy atom. The Kier molecular flexibility index (Phi) is 8.10. The molecule has 8 heteroatoms. The van der Waals surface area contributed by atoms with Crippen LogP contribution in [0.3, 0.4) is 0 Å². The molecule has 1 aromatic rings. The molecule has 0 aromatic heterocycles. The third-order valence-corrected chi connectivity index (χ3v) is 5.44. The number of hydrogen-bond acceptors (Lipinski definition) is 4. The molecule has 2 rings (SSSR count). The number of rotatable bonds is 5. The Hall–Kier alpha value is -1.03. The van der Waals surface area contributed by atoms with E-state index in [0.717, 1.165) is 17.7 Å². The van der Waals surface area contributed by atoms with Gasteiger partial charge in [0.2, 0.25) is 0 Å². The van der Waals surface area contributed by atoms with Gasteiger partial charge in [0.25, 0.3) is 0 Å². The van der Waals surface area contributed by atoms with Crippen LogP contribution in [0.4, 0.5) is 0 Å². The second kappa shape index (κ2) is 9.31. The van der Waals surface area contributed by atoms with E-state index in [1.54, 1.807) is 14.2 Å². The van der Waals surface area contributed by atoms with Crippen molar-refractivity contribution in [2.45, 2.75) is 18.9 Å². The fraction of sp³-hybridized carbons (Fsp3) is 0.533. The van der Waals surface area contributed by atoms with E-state index in [2.05, 4.69) is 15.6 Å². The van der Waals surface area contributed by atoms with Gasteiger partial charge in [-0.15, -0.1) is 24.0 Å². The van der Waals surface area contributed by atoms with Crippen molar-refractivity contribution in [3.05, 3.63) is 29.8 Å². The number of benzene rings is 1. The van der Waals surface area contributed by atoms with Crippen molar-refractivity contribution in [1.29, 1.82) is 0 Å². The third kappa shape index (κ3) is 6.17. The molecule has 1 fully saturated rings. The van der Waals surface area contributed by atoms with Crippen LogP contribution in [0.15, 0.2) is 29.3 Å². The number of para-hydroxylation sites is 1. The van der Waals surface area contributed by atoms with E-state index in [0.29, 0.717) is 18.9 Å². The SMILES string of the molecule is CN=C(NCCc1ccccc1OC)NC1CCS(=O)(=O)C1.I. The van der Waals surface area contributed by atoms with Crippen LogP contribution in [0.25, 0.3) is 0 Å². The Morgan fingerprint density at radius 1 is 1.39 bits per heavy atom. The van der Waals surface area contributed by atoms with Crippen molar-refractivity contribution in [1.82, 2.24) is 10.6 Å². The van der Waals surface area contributed by atoms with E-state index in [9.17, 15) is 8.42 Å². The molecule has 1 aromatic carbocycles. The molecular formula is C15H24IN3O3S. The first-order valence-electron chi connectivity index (χ1n) is 7.33. The molecule has 1 aliphatic rings. The lowest BCUT2D eigenvalue weighted by molar-refractivity contribution is 0.409. The number of hydrogen-bond donors (Lipinski definition) is 2. The van der Waals surface area contributed by atoms with Crippen LogP contribution in [0.2, 0.25) is 0 Å². The summed E-state index contributed by atoms with van der Waals surface area (Å²) in [4.78, 5) is 4.14. The lowest BCUT2D eigenvalue weighted by Crippen LogP contribution is -2.44. The molecule has 6 nitrogen and oxygen atoms in total. The van der Waals surface area contributed by atoms with Gasteiger partial charge in [-0.2, -0.15) is 0 Å². The lowest BCUT2D eigenvalue weighted by Gasteiger charge is -2.16.